The average Bonchev–Trinajstić information content (AvgIpc) is 3.39. The molecular formula is C24H19ClF4N4O3S. The molecular weight excluding hydrogens is 536 g/mol. The van der Waals surface area contributed by atoms with Crippen molar-refractivity contribution in [3.05, 3.63) is 57.8 Å². The van der Waals surface area contributed by atoms with Crippen LogP contribution in [-0.4, -0.2) is 39.0 Å². The number of halogens is 5. The molecule has 2 N–H and O–H groups in total. The molecule has 2 unspecified atom stereocenters. The number of carbonyl (C=O) groups excluding carboxylic acids is 1. The smallest absolute Gasteiger partial charge is 0.419 e. The molecule has 2 aromatic heterocycles. The Labute approximate surface area is 217 Å². The van der Waals surface area contributed by atoms with E-state index in [2.05, 4.69) is 15.3 Å². The van der Waals surface area contributed by atoms with Crippen LogP contribution < -0.4 is 10.2 Å². The summed E-state index contributed by atoms with van der Waals surface area (Å²) in [4.78, 5) is 34.7. The van der Waals surface area contributed by atoms with Gasteiger partial charge in [-0.2, -0.15) is 13.2 Å². The van der Waals surface area contributed by atoms with Crippen LogP contribution in [0.4, 0.5) is 28.5 Å². The summed E-state index contributed by atoms with van der Waals surface area (Å²) in [6.45, 7) is 0. The molecule has 2 atom stereocenters. The molecule has 1 aromatic carbocycles. The minimum atomic E-state index is -4.85. The summed E-state index contributed by atoms with van der Waals surface area (Å²) in [6, 6.07) is 4.38. The summed E-state index contributed by atoms with van der Waals surface area (Å²) >= 11 is 7.40. The van der Waals surface area contributed by atoms with Gasteiger partial charge in [-0.05, 0) is 43.9 Å². The van der Waals surface area contributed by atoms with E-state index < -0.39 is 35.4 Å². The van der Waals surface area contributed by atoms with Gasteiger partial charge in [0.15, 0.2) is 5.13 Å². The third-order valence-electron chi connectivity index (χ3n) is 6.72. The van der Waals surface area contributed by atoms with Gasteiger partial charge in [0, 0.05) is 29.2 Å². The van der Waals surface area contributed by atoms with Crippen molar-refractivity contribution < 1.29 is 32.3 Å². The molecule has 5 rings (SSSR count). The molecule has 4 heterocycles. The van der Waals surface area contributed by atoms with E-state index in [1.807, 2.05) is 4.90 Å². The molecule has 194 valence electrons. The van der Waals surface area contributed by atoms with Crippen molar-refractivity contribution in [3.8, 4) is 11.3 Å². The second-order valence-corrected chi connectivity index (χ2v) is 10.3. The Morgan fingerprint density at radius 1 is 1.19 bits per heavy atom. The molecule has 2 bridgehead atoms. The maximum absolute atomic E-state index is 14.4. The number of thiazole rings is 1. The van der Waals surface area contributed by atoms with E-state index in [0.717, 1.165) is 30.2 Å². The zero-order chi connectivity index (χ0) is 26.5. The topological polar surface area (TPSA) is 95.4 Å². The van der Waals surface area contributed by atoms with Crippen molar-refractivity contribution in [2.45, 2.75) is 43.9 Å². The Hall–Kier alpha value is -3.25. The average molecular weight is 555 g/mol. The van der Waals surface area contributed by atoms with E-state index in [1.165, 1.54) is 23.7 Å². The van der Waals surface area contributed by atoms with Crippen LogP contribution in [0.15, 0.2) is 35.8 Å². The molecule has 2 aliphatic rings. The molecule has 7 nitrogen and oxygen atoms in total. The Morgan fingerprint density at radius 3 is 2.51 bits per heavy atom. The van der Waals surface area contributed by atoms with Gasteiger partial charge in [0.1, 0.15) is 11.6 Å². The number of benzene rings is 1. The number of amides is 1. The van der Waals surface area contributed by atoms with E-state index in [-0.39, 0.29) is 39.1 Å². The van der Waals surface area contributed by atoms with Crippen molar-refractivity contribution in [3.63, 3.8) is 0 Å². The molecule has 1 amide bonds. The number of carbonyl (C=O) groups is 2. The van der Waals surface area contributed by atoms with E-state index in [4.69, 9.17) is 11.6 Å². The summed E-state index contributed by atoms with van der Waals surface area (Å²) in [5.41, 5.74) is -1.65. The first kappa shape index (κ1) is 25.4. The van der Waals surface area contributed by atoms with E-state index in [0.29, 0.717) is 24.7 Å². The van der Waals surface area contributed by atoms with Crippen molar-refractivity contribution in [2.75, 3.05) is 10.2 Å². The Kier molecular flexibility index (Phi) is 6.57. The second-order valence-electron chi connectivity index (χ2n) is 8.99. The summed E-state index contributed by atoms with van der Waals surface area (Å²) in [5, 5.41) is 13.6. The fourth-order valence-corrected chi connectivity index (χ4v) is 6.01. The van der Waals surface area contributed by atoms with Crippen molar-refractivity contribution in [1.29, 1.82) is 0 Å². The maximum atomic E-state index is 14.4. The largest absolute Gasteiger partial charge is 0.481 e. The molecule has 0 aliphatic carbocycles. The van der Waals surface area contributed by atoms with Crippen LogP contribution >= 0.6 is 22.9 Å². The van der Waals surface area contributed by atoms with Crippen molar-refractivity contribution in [1.82, 2.24) is 9.97 Å². The van der Waals surface area contributed by atoms with Gasteiger partial charge in [-0.3, -0.25) is 14.9 Å². The van der Waals surface area contributed by atoms with Gasteiger partial charge in [0.05, 0.1) is 27.8 Å². The predicted octanol–water partition coefficient (Wildman–Crippen LogP) is 6.10. The van der Waals surface area contributed by atoms with E-state index >= 15 is 0 Å². The van der Waals surface area contributed by atoms with E-state index in [9.17, 15) is 32.3 Å². The number of pyridine rings is 1. The Morgan fingerprint density at radius 2 is 1.89 bits per heavy atom. The summed E-state index contributed by atoms with van der Waals surface area (Å²) in [7, 11) is 0. The number of nitrogens with one attached hydrogen (secondary N) is 1. The number of hydrogen-bond acceptors (Lipinski definition) is 6. The Bertz CT molecular complexity index is 1370. The molecule has 3 aromatic rings. The fourth-order valence-electron chi connectivity index (χ4n) is 5.04. The third-order valence-corrected chi connectivity index (χ3v) is 7.75. The van der Waals surface area contributed by atoms with Gasteiger partial charge in [0.25, 0.3) is 5.91 Å². The molecule has 2 saturated heterocycles. The van der Waals surface area contributed by atoms with Crippen LogP contribution in [0.1, 0.15) is 41.6 Å². The number of nitrogens with zero attached hydrogens (tertiary/aromatic N) is 3. The first-order chi connectivity index (χ1) is 17.5. The minimum Gasteiger partial charge on any atom is -0.481 e. The second kappa shape index (κ2) is 9.56. The summed E-state index contributed by atoms with van der Waals surface area (Å²) in [5.74, 6) is -2.75. The first-order valence-corrected chi connectivity index (χ1v) is 12.6. The van der Waals surface area contributed by atoms with Crippen LogP contribution in [0.3, 0.4) is 0 Å². The number of aliphatic carboxylic acids is 1. The highest BCUT2D eigenvalue weighted by Gasteiger charge is 2.44. The number of rotatable bonds is 5. The molecule has 2 aliphatic heterocycles. The first-order valence-electron chi connectivity index (χ1n) is 11.3. The highest BCUT2D eigenvalue weighted by atomic mass is 35.5. The molecule has 0 radical (unpaired) electrons. The Balaban J connectivity index is 1.31. The van der Waals surface area contributed by atoms with Crippen molar-refractivity contribution >= 4 is 45.8 Å². The van der Waals surface area contributed by atoms with E-state index in [1.54, 1.807) is 0 Å². The van der Waals surface area contributed by atoms with Crippen LogP contribution in [-0.2, 0) is 11.0 Å². The molecule has 0 saturated carbocycles. The number of carboxylic acid groups (broad SMARTS) is 1. The lowest BCUT2D eigenvalue weighted by molar-refractivity contribution is -0.143. The zero-order valence-electron chi connectivity index (χ0n) is 18.9. The molecule has 37 heavy (non-hydrogen) atoms. The van der Waals surface area contributed by atoms with Crippen LogP contribution in [0.2, 0.25) is 5.02 Å². The predicted molar refractivity (Wildman–Crippen MR) is 129 cm³/mol. The van der Waals surface area contributed by atoms with Gasteiger partial charge in [-0.15, -0.1) is 11.3 Å². The number of hydrogen-bond donors (Lipinski definition) is 2. The van der Waals surface area contributed by atoms with Gasteiger partial charge < -0.3 is 10.0 Å². The number of alkyl halides is 3. The lowest BCUT2D eigenvalue weighted by Gasteiger charge is -2.38. The van der Waals surface area contributed by atoms with Gasteiger partial charge in [-0.25, -0.2) is 14.4 Å². The lowest BCUT2D eigenvalue weighted by atomic mass is 9.91. The maximum Gasteiger partial charge on any atom is 0.419 e. The van der Waals surface area contributed by atoms with Gasteiger partial charge in [-0.1, -0.05) is 17.7 Å². The monoisotopic (exact) mass is 554 g/mol. The minimum absolute atomic E-state index is 0.00881. The number of aromatic nitrogens is 2. The van der Waals surface area contributed by atoms with Crippen molar-refractivity contribution in [2.24, 2.45) is 5.92 Å². The number of anilines is 2. The third kappa shape index (κ3) is 4.87. The standard InChI is InChI=1S/C24H19ClF4N4O3S/c25-17-8-12(9-30-20(17)33-13-4-5-14(33)7-11(6-13)22(35)36)21(34)32-23-31-18(10-37-23)15-2-1-3-16(19(15)26)24(27,28)29/h1-3,8-11,13-14H,4-7H2,(H,35,36)(H,31,32,34). The van der Waals surface area contributed by atoms with Gasteiger partial charge in [0.2, 0.25) is 0 Å². The molecule has 13 heteroatoms. The SMILES string of the molecule is O=C(Nc1nc(-c2cccc(C(F)(F)F)c2F)cs1)c1cnc(N2C3CCC2CC(C(=O)O)C3)c(Cl)c1. The molecule has 2 fully saturated rings. The quantitative estimate of drug-likeness (QED) is 0.370. The summed E-state index contributed by atoms with van der Waals surface area (Å²) in [6.07, 6.45) is -0.811. The zero-order valence-corrected chi connectivity index (χ0v) is 20.5. The molecule has 0 spiro atoms. The van der Waals surface area contributed by atoms with Crippen LogP contribution in [0, 0.1) is 11.7 Å². The van der Waals surface area contributed by atoms with Crippen LogP contribution in [0.5, 0.6) is 0 Å². The number of piperidine rings is 1. The fraction of sp³-hybridized carbons (Fsp3) is 0.333. The summed E-state index contributed by atoms with van der Waals surface area (Å²) < 4.78 is 53.5. The lowest BCUT2D eigenvalue weighted by Crippen LogP contribution is -2.45. The number of fused-ring (bicyclic) bond motifs is 2. The highest BCUT2D eigenvalue weighted by Crippen LogP contribution is 2.43. The number of carboxylic acids is 1. The highest BCUT2D eigenvalue weighted by molar-refractivity contribution is 7.14. The van der Waals surface area contributed by atoms with Gasteiger partial charge >= 0.3 is 12.1 Å². The van der Waals surface area contributed by atoms with Crippen LogP contribution in [0.25, 0.3) is 11.3 Å². The normalized spacial score (nSPS) is 21.2.